The molecule has 0 fully saturated rings. The molecule has 4 heteroatoms. The first kappa shape index (κ1) is 12.3. The molecule has 0 aliphatic rings. The number of nitrogens with one attached hydrogen (secondary N) is 1. The van der Waals surface area contributed by atoms with E-state index in [9.17, 15) is 0 Å². The number of benzene rings is 1. The Morgan fingerprint density at radius 1 is 1.25 bits per heavy atom. The quantitative estimate of drug-likeness (QED) is 0.685. The molecule has 3 N–H and O–H groups in total. The molecule has 0 heterocycles. The zero-order chi connectivity index (χ0) is 11.6. The number of nitriles is 1. The van der Waals surface area contributed by atoms with Crippen LogP contribution in [0.3, 0.4) is 0 Å². The summed E-state index contributed by atoms with van der Waals surface area (Å²) in [5, 5.41) is 11.6. The highest BCUT2D eigenvalue weighted by Crippen LogP contribution is 2.15. The van der Waals surface area contributed by atoms with Gasteiger partial charge in [0.2, 0.25) is 0 Å². The molecule has 16 heavy (non-hydrogen) atoms. The number of nitrogens with zero attached hydrogens (tertiary/aromatic N) is 1. The second-order valence-electron chi connectivity index (χ2n) is 3.39. The maximum Gasteiger partial charge on any atom is 0.174 e. The number of nitrogens with two attached hydrogens (primary N) is 1. The van der Waals surface area contributed by atoms with Crippen LogP contribution in [0.2, 0.25) is 0 Å². The molecular formula is C12H17N3O. The average molecular weight is 219 g/mol. The third-order valence-corrected chi connectivity index (χ3v) is 2.12. The molecule has 86 valence electrons. The molecule has 0 radical (unpaired) electrons. The summed E-state index contributed by atoms with van der Waals surface area (Å²) in [6, 6.07) is 9.51. The topological polar surface area (TPSA) is 71.1 Å². The van der Waals surface area contributed by atoms with E-state index in [0.717, 1.165) is 31.6 Å². The van der Waals surface area contributed by atoms with Gasteiger partial charge in [-0.15, -0.1) is 0 Å². The van der Waals surface area contributed by atoms with Gasteiger partial charge < -0.3 is 15.8 Å². The van der Waals surface area contributed by atoms with E-state index < -0.39 is 0 Å². The Hall–Kier alpha value is -1.73. The van der Waals surface area contributed by atoms with Gasteiger partial charge in [0, 0.05) is 12.2 Å². The lowest BCUT2D eigenvalue weighted by Crippen LogP contribution is -2.05. The van der Waals surface area contributed by atoms with Crippen molar-refractivity contribution in [1.82, 2.24) is 0 Å². The van der Waals surface area contributed by atoms with Gasteiger partial charge in [-0.25, -0.2) is 0 Å². The third kappa shape index (κ3) is 4.67. The van der Waals surface area contributed by atoms with Gasteiger partial charge in [0.05, 0.1) is 0 Å². The molecule has 0 aliphatic carbocycles. The van der Waals surface area contributed by atoms with E-state index in [0.29, 0.717) is 5.75 Å². The van der Waals surface area contributed by atoms with E-state index in [1.54, 1.807) is 0 Å². The van der Waals surface area contributed by atoms with Crippen molar-refractivity contribution in [3.05, 3.63) is 24.3 Å². The van der Waals surface area contributed by atoms with Gasteiger partial charge in [-0.1, -0.05) is 0 Å². The molecule has 0 saturated carbocycles. The minimum absolute atomic E-state index is 0.0866. The smallest absolute Gasteiger partial charge is 0.174 e. The Bertz CT molecular complexity index is 329. The van der Waals surface area contributed by atoms with E-state index >= 15 is 0 Å². The Morgan fingerprint density at radius 2 is 2.00 bits per heavy atom. The highest BCUT2D eigenvalue weighted by Gasteiger charge is 1.94. The van der Waals surface area contributed by atoms with E-state index in [1.807, 2.05) is 30.3 Å². The van der Waals surface area contributed by atoms with Crippen LogP contribution in [0.25, 0.3) is 0 Å². The van der Waals surface area contributed by atoms with Crippen LogP contribution < -0.4 is 15.8 Å². The van der Waals surface area contributed by atoms with Crippen molar-refractivity contribution in [2.24, 2.45) is 5.73 Å². The minimum Gasteiger partial charge on any atom is -0.479 e. The van der Waals surface area contributed by atoms with Crippen LogP contribution in [0.15, 0.2) is 24.3 Å². The first-order valence-corrected chi connectivity index (χ1v) is 5.40. The fraction of sp³-hybridized carbons (Fsp3) is 0.417. The summed E-state index contributed by atoms with van der Waals surface area (Å²) in [6.45, 7) is 1.75. The van der Waals surface area contributed by atoms with Crippen molar-refractivity contribution < 1.29 is 4.74 Å². The zero-order valence-corrected chi connectivity index (χ0v) is 9.28. The Labute approximate surface area is 96.0 Å². The van der Waals surface area contributed by atoms with Gasteiger partial charge in [-0.2, -0.15) is 5.26 Å². The number of anilines is 1. The summed E-state index contributed by atoms with van der Waals surface area (Å²) in [4.78, 5) is 0. The van der Waals surface area contributed by atoms with Crippen LogP contribution >= 0.6 is 0 Å². The van der Waals surface area contributed by atoms with Gasteiger partial charge in [0.15, 0.2) is 6.61 Å². The lowest BCUT2D eigenvalue weighted by Gasteiger charge is -2.07. The zero-order valence-electron chi connectivity index (χ0n) is 9.28. The number of unbranched alkanes of at least 4 members (excludes halogenated alkanes) is 1. The summed E-state index contributed by atoms with van der Waals surface area (Å²) in [5.74, 6) is 0.717. The molecule has 0 bridgehead atoms. The first-order chi connectivity index (χ1) is 7.86. The lowest BCUT2D eigenvalue weighted by molar-refractivity contribution is 0.368. The first-order valence-electron chi connectivity index (χ1n) is 5.40. The maximum absolute atomic E-state index is 8.35. The second kappa shape index (κ2) is 7.55. The molecule has 0 aliphatic heterocycles. The largest absolute Gasteiger partial charge is 0.479 e. The molecule has 1 aromatic carbocycles. The van der Waals surface area contributed by atoms with Crippen molar-refractivity contribution >= 4 is 5.69 Å². The van der Waals surface area contributed by atoms with Gasteiger partial charge in [-0.05, 0) is 43.7 Å². The lowest BCUT2D eigenvalue weighted by atomic mass is 10.2. The van der Waals surface area contributed by atoms with Gasteiger partial charge >= 0.3 is 0 Å². The van der Waals surface area contributed by atoms with E-state index in [-0.39, 0.29) is 6.61 Å². The normalized spacial score (nSPS) is 9.50. The van der Waals surface area contributed by atoms with E-state index in [4.69, 9.17) is 15.7 Å². The molecule has 0 spiro atoms. The molecule has 0 amide bonds. The number of hydrogen-bond acceptors (Lipinski definition) is 4. The van der Waals surface area contributed by atoms with Gasteiger partial charge in [0.1, 0.15) is 11.8 Å². The Morgan fingerprint density at radius 3 is 2.62 bits per heavy atom. The maximum atomic E-state index is 8.35. The standard InChI is InChI=1S/C12H17N3O/c13-7-1-2-9-15-11-3-5-12(6-4-11)16-10-8-14/h3-6,15H,1-2,7,9-10,13H2. The molecular weight excluding hydrogens is 202 g/mol. The summed E-state index contributed by atoms with van der Waals surface area (Å²) in [7, 11) is 0. The van der Waals surface area contributed by atoms with Gasteiger partial charge in [0.25, 0.3) is 0 Å². The molecule has 0 atom stereocenters. The average Bonchev–Trinajstić information content (AvgIpc) is 2.33. The monoisotopic (exact) mass is 219 g/mol. The van der Waals surface area contributed by atoms with Crippen molar-refractivity contribution in [2.75, 3.05) is 25.0 Å². The molecule has 4 nitrogen and oxygen atoms in total. The number of rotatable bonds is 7. The number of ether oxygens (including phenoxy) is 1. The van der Waals surface area contributed by atoms with Crippen LogP contribution in [0.4, 0.5) is 5.69 Å². The summed E-state index contributed by atoms with van der Waals surface area (Å²) in [5.41, 5.74) is 6.46. The van der Waals surface area contributed by atoms with Crippen molar-refractivity contribution in [3.63, 3.8) is 0 Å². The van der Waals surface area contributed by atoms with Crippen LogP contribution in [-0.4, -0.2) is 19.7 Å². The SMILES string of the molecule is N#CCOc1ccc(NCCCCN)cc1. The minimum atomic E-state index is 0.0866. The van der Waals surface area contributed by atoms with Crippen LogP contribution in [-0.2, 0) is 0 Å². The molecule has 1 aromatic rings. The summed E-state index contributed by atoms with van der Waals surface area (Å²) in [6.07, 6.45) is 2.11. The number of hydrogen-bond donors (Lipinski definition) is 2. The molecule has 0 saturated heterocycles. The predicted octanol–water partition coefficient (Wildman–Crippen LogP) is 1.74. The van der Waals surface area contributed by atoms with Crippen LogP contribution in [0.5, 0.6) is 5.75 Å². The van der Waals surface area contributed by atoms with Crippen LogP contribution in [0, 0.1) is 11.3 Å². The Balaban J connectivity index is 2.31. The van der Waals surface area contributed by atoms with E-state index in [2.05, 4.69) is 5.32 Å². The van der Waals surface area contributed by atoms with Crippen molar-refractivity contribution in [3.8, 4) is 11.8 Å². The fourth-order valence-corrected chi connectivity index (χ4v) is 1.29. The van der Waals surface area contributed by atoms with Crippen molar-refractivity contribution in [2.45, 2.75) is 12.8 Å². The van der Waals surface area contributed by atoms with E-state index in [1.165, 1.54) is 0 Å². The fourth-order valence-electron chi connectivity index (χ4n) is 1.29. The van der Waals surface area contributed by atoms with Crippen LogP contribution in [0.1, 0.15) is 12.8 Å². The highest BCUT2D eigenvalue weighted by molar-refractivity contribution is 5.46. The highest BCUT2D eigenvalue weighted by atomic mass is 16.5. The predicted molar refractivity (Wildman–Crippen MR) is 64.3 cm³/mol. The molecule has 0 unspecified atom stereocenters. The van der Waals surface area contributed by atoms with Gasteiger partial charge in [-0.3, -0.25) is 0 Å². The molecule has 0 aromatic heterocycles. The van der Waals surface area contributed by atoms with Crippen molar-refractivity contribution in [1.29, 1.82) is 5.26 Å². The summed E-state index contributed by atoms with van der Waals surface area (Å²) >= 11 is 0. The molecule has 1 rings (SSSR count). The third-order valence-electron chi connectivity index (χ3n) is 2.12. The second-order valence-corrected chi connectivity index (χ2v) is 3.39. The Kier molecular flexibility index (Phi) is 5.82. The summed E-state index contributed by atoms with van der Waals surface area (Å²) < 4.78 is 5.15.